The van der Waals surface area contributed by atoms with E-state index in [2.05, 4.69) is 119 Å². The van der Waals surface area contributed by atoms with Crippen molar-refractivity contribution in [1.29, 1.82) is 0 Å². The minimum absolute atomic E-state index is 1.14. The van der Waals surface area contributed by atoms with Gasteiger partial charge in [0.25, 0.3) is 0 Å². The Hall–Kier alpha value is -2.62. The Kier molecular flexibility index (Phi) is 4.42. The fraction of sp³-hybridized carbons (Fsp3) is 0.0400. The molecule has 1 heterocycles. The van der Waals surface area contributed by atoms with Crippen LogP contribution in [0.5, 0.6) is 0 Å². The lowest BCUT2D eigenvalue weighted by Gasteiger charge is -2.25. The summed E-state index contributed by atoms with van der Waals surface area (Å²) in [5, 5.41) is 2.66. The second-order valence-electron chi connectivity index (χ2n) is 6.86. The van der Waals surface area contributed by atoms with Crippen LogP contribution in [0.25, 0.3) is 20.2 Å². The van der Waals surface area contributed by atoms with Crippen LogP contribution in [0, 0.1) is 6.92 Å². The fourth-order valence-electron chi connectivity index (χ4n) is 3.78. The largest absolute Gasteiger partial charge is 0.310 e. The molecular weight excluding hydrogens is 426 g/mol. The second-order valence-corrected chi connectivity index (χ2v) is 8.77. The number of para-hydroxylation sites is 2. The molecule has 1 aromatic heterocycles. The summed E-state index contributed by atoms with van der Waals surface area (Å²) in [6.07, 6.45) is 0. The van der Waals surface area contributed by atoms with Crippen molar-refractivity contribution in [1.82, 2.24) is 0 Å². The summed E-state index contributed by atoms with van der Waals surface area (Å²) in [7, 11) is 0. The predicted molar refractivity (Wildman–Crippen MR) is 126 cm³/mol. The molecular formula is C25H18BrNS. The van der Waals surface area contributed by atoms with Crippen molar-refractivity contribution in [3.05, 3.63) is 101 Å². The molecule has 0 aliphatic heterocycles. The molecule has 0 N–H and O–H groups in total. The van der Waals surface area contributed by atoms with Crippen LogP contribution in [0.15, 0.2) is 95.5 Å². The van der Waals surface area contributed by atoms with Crippen molar-refractivity contribution in [2.75, 3.05) is 4.90 Å². The van der Waals surface area contributed by atoms with E-state index in [1.165, 1.54) is 25.7 Å². The van der Waals surface area contributed by atoms with Gasteiger partial charge in [0.15, 0.2) is 0 Å². The highest BCUT2D eigenvalue weighted by atomic mass is 79.9. The average Bonchev–Trinajstić information content (AvgIpc) is 3.11. The first-order valence-corrected chi connectivity index (χ1v) is 10.8. The van der Waals surface area contributed by atoms with Crippen LogP contribution in [-0.4, -0.2) is 0 Å². The van der Waals surface area contributed by atoms with Crippen LogP contribution in [0.2, 0.25) is 0 Å². The number of thiophene rings is 1. The molecule has 0 aliphatic carbocycles. The van der Waals surface area contributed by atoms with Gasteiger partial charge in [0.1, 0.15) is 0 Å². The summed E-state index contributed by atoms with van der Waals surface area (Å²) in [6.45, 7) is 2.20. The zero-order valence-electron chi connectivity index (χ0n) is 15.4. The Bertz CT molecular complexity index is 1240. The second kappa shape index (κ2) is 7.08. The maximum absolute atomic E-state index is 3.85. The zero-order valence-corrected chi connectivity index (χ0v) is 17.8. The SMILES string of the molecule is Cc1cccc2sc3c(Br)cc(N(c4ccccc4)c4ccccc4)cc3c12. The number of halogens is 1. The third kappa shape index (κ3) is 2.92. The molecule has 4 aromatic carbocycles. The van der Waals surface area contributed by atoms with E-state index >= 15 is 0 Å². The summed E-state index contributed by atoms with van der Waals surface area (Å²) in [4.78, 5) is 2.31. The molecule has 1 nitrogen and oxygen atoms in total. The van der Waals surface area contributed by atoms with Crippen molar-refractivity contribution in [2.24, 2.45) is 0 Å². The predicted octanol–water partition coefficient (Wildman–Crippen LogP) is 8.60. The van der Waals surface area contributed by atoms with Crippen molar-refractivity contribution in [3.8, 4) is 0 Å². The van der Waals surface area contributed by atoms with Gasteiger partial charge in [-0.05, 0) is 70.9 Å². The number of nitrogens with zero attached hydrogens (tertiary/aromatic N) is 1. The van der Waals surface area contributed by atoms with Crippen LogP contribution in [0.1, 0.15) is 5.56 Å². The minimum atomic E-state index is 1.14. The number of benzene rings is 4. The molecule has 0 amide bonds. The molecule has 3 heteroatoms. The van der Waals surface area contributed by atoms with Gasteiger partial charge >= 0.3 is 0 Å². The number of rotatable bonds is 3. The normalized spacial score (nSPS) is 11.2. The van der Waals surface area contributed by atoms with Crippen LogP contribution in [0.4, 0.5) is 17.1 Å². The van der Waals surface area contributed by atoms with Gasteiger partial charge in [-0.3, -0.25) is 0 Å². The molecule has 5 aromatic rings. The van der Waals surface area contributed by atoms with Crippen molar-refractivity contribution in [2.45, 2.75) is 6.92 Å². The van der Waals surface area contributed by atoms with E-state index in [1.54, 1.807) is 0 Å². The van der Waals surface area contributed by atoms with E-state index < -0.39 is 0 Å². The highest BCUT2D eigenvalue weighted by molar-refractivity contribution is 9.10. The molecule has 5 rings (SSSR count). The van der Waals surface area contributed by atoms with E-state index in [9.17, 15) is 0 Å². The quantitative estimate of drug-likeness (QED) is 0.269. The number of fused-ring (bicyclic) bond motifs is 3. The summed E-state index contributed by atoms with van der Waals surface area (Å²) in [5.74, 6) is 0. The molecule has 0 aliphatic rings. The Morgan fingerprint density at radius 1 is 0.714 bits per heavy atom. The molecule has 0 radical (unpaired) electrons. The summed E-state index contributed by atoms with van der Waals surface area (Å²) < 4.78 is 3.77. The summed E-state index contributed by atoms with van der Waals surface area (Å²) in [6, 6.07) is 32.2. The van der Waals surface area contributed by atoms with Gasteiger partial charge in [-0.1, -0.05) is 48.5 Å². The monoisotopic (exact) mass is 443 g/mol. The minimum Gasteiger partial charge on any atom is -0.310 e. The highest BCUT2D eigenvalue weighted by Crippen LogP contribution is 2.44. The Labute approximate surface area is 177 Å². The molecule has 28 heavy (non-hydrogen) atoms. The van der Waals surface area contributed by atoms with Crippen LogP contribution >= 0.6 is 27.3 Å². The lowest BCUT2D eigenvalue weighted by molar-refractivity contribution is 1.29. The molecule has 0 atom stereocenters. The van der Waals surface area contributed by atoms with Crippen LogP contribution < -0.4 is 4.90 Å². The molecule has 136 valence electrons. The smallest absolute Gasteiger partial charge is 0.0499 e. The number of anilines is 3. The first-order valence-electron chi connectivity index (χ1n) is 9.24. The zero-order chi connectivity index (χ0) is 19.1. The number of aryl methyl sites for hydroxylation is 1. The summed E-state index contributed by atoms with van der Waals surface area (Å²) >= 11 is 5.70. The highest BCUT2D eigenvalue weighted by Gasteiger charge is 2.17. The van der Waals surface area contributed by atoms with Crippen LogP contribution in [-0.2, 0) is 0 Å². The van der Waals surface area contributed by atoms with E-state index in [-0.39, 0.29) is 0 Å². The summed E-state index contributed by atoms with van der Waals surface area (Å²) in [5.41, 5.74) is 4.77. The molecule has 0 bridgehead atoms. The Morgan fingerprint density at radius 3 is 2.00 bits per heavy atom. The standard InChI is InChI=1S/C25H18BrNS/c1-17-9-8-14-23-24(17)21-15-20(16-22(26)25(21)28-23)27(18-10-4-2-5-11-18)19-12-6-3-7-13-19/h2-16H,1H3. The molecule has 0 spiro atoms. The maximum atomic E-state index is 3.85. The van der Waals surface area contributed by atoms with Crippen molar-refractivity contribution >= 4 is 64.5 Å². The third-order valence-corrected chi connectivity index (χ3v) is 7.12. The molecule has 0 unspecified atom stereocenters. The van der Waals surface area contributed by atoms with Crippen molar-refractivity contribution in [3.63, 3.8) is 0 Å². The maximum Gasteiger partial charge on any atom is 0.0499 e. The van der Waals surface area contributed by atoms with E-state index in [0.717, 1.165) is 21.5 Å². The third-order valence-electron chi connectivity index (χ3n) is 5.03. The van der Waals surface area contributed by atoms with Gasteiger partial charge in [0.05, 0.1) is 0 Å². The van der Waals surface area contributed by atoms with Crippen LogP contribution in [0.3, 0.4) is 0 Å². The Balaban J connectivity index is 1.81. The lowest BCUT2D eigenvalue weighted by atomic mass is 10.1. The van der Waals surface area contributed by atoms with Gasteiger partial charge in [0, 0.05) is 41.7 Å². The van der Waals surface area contributed by atoms with Gasteiger partial charge in [-0.25, -0.2) is 0 Å². The number of hydrogen-bond acceptors (Lipinski definition) is 2. The van der Waals surface area contributed by atoms with Gasteiger partial charge in [-0.2, -0.15) is 0 Å². The topological polar surface area (TPSA) is 3.24 Å². The lowest BCUT2D eigenvalue weighted by Crippen LogP contribution is -2.09. The first-order chi connectivity index (χ1) is 13.7. The molecule has 0 saturated carbocycles. The average molecular weight is 444 g/mol. The van der Waals surface area contributed by atoms with E-state index in [4.69, 9.17) is 0 Å². The van der Waals surface area contributed by atoms with Gasteiger partial charge < -0.3 is 4.90 Å². The number of hydrogen-bond donors (Lipinski definition) is 0. The Morgan fingerprint density at radius 2 is 1.36 bits per heavy atom. The van der Waals surface area contributed by atoms with Gasteiger partial charge in [0.2, 0.25) is 0 Å². The molecule has 0 fully saturated rings. The first kappa shape index (κ1) is 17.5. The van der Waals surface area contributed by atoms with E-state index in [1.807, 2.05) is 11.3 Å². The van der Waals surface area contributed by atoms with Crippen molar-refractivity contribution < 1.29 is 0 Å². The molecule has 0 saturated heterocycles. The van der Waals surface area contributed by atoms with Gasteiger partial charge in [-0.15, -0.1) is 11.3 Å². The fourth-order valence-corrected chi connectivity index (χ4v) is 5.64. The van der Waals surface area contributed by atoms with E-state index in [0.29, 0.717) is 0 Å².